The summed E-state index contributed by atoms with van der Waals surface area (Å²) in [5.74, 6) is -0.405. The van der Waals surface area contributed by atoms with Crippen molar-refractivity contribution in [2.24, 2.45) is 0 Å². The first-order chi connectivity index (χ1) is 11.3. The van der Waals surface area contributed by atoms with Crippen molar-refractivity contribution in [3.05, 3.63) is 63.8 Å². The number of pyridine rings is 1. The molecule has 1 N–H and O–H groups in total. The number of nitrogens with zero attached hydrogens (tertiary/aromatic N) is 1. The van der Waals surface area contributed by atoms with Gasteiger partial charge < -0.3 is 9.88 Å². The van der Waals surface area contributed by atoms with E-state index >= 15 is 0 Å². The Morgan fingerprint density at radius 3 is 2.21 bits per heavy atom. The topological polar surface area (TPSA) is 51.1 Å². The summed E-state index contributed by atoms with van der Waals surface area (Å²) in [7, 11) is 0. The standard InChI is InChI=1S/C19H23FN2O2/c1-12(2)15-6-5-7-16(13(3)4)19(15)21-17(23)11-22-10-14(20)8-9-18(22)24/h5-10,12-13H,11H2,1-4H3,(H,21,23). The molecule has 24 heavy (non-hydrogen) atoms. The molecule has 0 aliphatic rings. The molecular weight excluding hydrogens is 307 g/mol. The first kappa shape index (κ1) is 17.9. The second-order valence-corrected chi connectivity index (χ2v) is 6.48. The number of carbonyl (C=O) groups excluding carboxylic acids is 1. The van der Waals surface area contributed by atoms with Crippen molar-refractivity contribution in [2.45, 2.75) is 46.1 Å². The van der Waals surface area contributed by atoms with E-state index in [4.69, 9.17) is 0 Å². The molecule has 0 saturated carbocycles. The molecule has 128 valence electrons. The number of para-hydroxylation sites is 1. The number of hydrogen-bond donors (Lipinski definition) is 1. The lowest BCUT2D eigenvalue weighted by Crippen LogP contribution is -2.27. The molecule has 2 rings (SSSR count). The van der Waals surface area contributed by atoms with Crippen LogP contribution in [0.1, 0.15) is 50.7 Å². The second-order valence-electron chi connectivity index (χ2n) is 6.48. The zero-order valence-electron chi connectivity index (χ0n) is 14.5. The number of aromatic nitrogens is 1. The van der Waals surface area contributed by atoms with Gasteiger partial charge in [0, 0.05) is 18.0 Å². The summed E-state index contributed by atoms with van der Waals surface area (Å²) in [6, 6.07) is 8.16. The van der Waals surface area contributed by atoms with Gasteiger partial charge in [-0.25, -0.2) is 4.39 Å². The average molecular weight is 330 g/mol. The highest BCUT2D eigenvalue weighted by atomic mass is 19.1. The Morgan fingerprint density at radius 1 is 1.08 bits per heavy atom. The Bertz CT molecular complexity index is 768. The minimum Gasteiger partial charge on any atom is -0.324 e. The van der Waals surface area contributed by atoms with Gasteiger partial charge in [0.2, 0.25) is 5.91 Å². The highest BCUT2D eigenvalue weighted by Gasteiger charge is 2.16. The normalized spacial score (nSPS) is 11.1. The lowest BCUT2D eigenvalue weighted by molar-refractivity contribution is -0.116. The number of rotatable bonds is 5. The van der Waals surface area contributed by atoms with Crippen LogP contribution < -0.4 is 10.9 Å². The summed E-state index contributed by atoms with van der Waals surface area (Å²) in [6.07, 6.45) is 1.04. The van der Waals surface area contributed by atoms with Crippen LogP contribution in [0, 0.1) is 5.82 Å². The maximum Gasteiger partial charge on any atom is 0.251 e. The molecule has 0 fully saturated rings. The van der Waals surface area contributed by atoms with Gasteiger partial charge in [-0.1, -0.05) is 45.9 Å². The summed E-state index contributed by atoms with van der Waals surface area (Å²) >= 11 is 0. The van der Waals surface area contributed by atoms with E-state index in [0.717, 1.165) is 39.7 Å². The number of amides is 1. The number of carbonyl (C=O) groups is 1. The number of anilines is 1. The van der Waals surface area contributed by atoms with Gasteiger partial charge in [0.25, 0.3) is 5.56 Å². The third-order valence-electron chi connectivity index (χ3n) is 3.90. The van der Waals surface area contributed by atoms with E-state index in [1.54, 1.807) is 0 Å². The first-order valence-corrected chi connectivity index (χ1v) is 8.08. The lowest BCUT2D eigenvalue weighted by atomic mass is 9.92. The van der Waals surface area contributed by atoms with Crippen LogP contribution in [-0.4, -0.2) is 10.5 Å². The Morgan fingerprint density at radius 2 is 1.67 bits per heavy atom. The second kappa shape index (κ2) is 7.43. The van der Waals surface area contributed by atoms with Crippen LogP contribution in [0.5, 0.6) is 0 Å². The Kier molecular flexibility index (Phi) is 5.54. The van der Waals surface area contributed by atoms with Crippen LogP contribution >= 0.6 is 0 Å². The highest BCUT2D eigenvalue weighted by molar-refractivity contribution is 5.92. The highest BCUT2D eigenvalue weighted by Crippen LogP contribution is 2.32. The number of hydrogen-bond acceptors (Lipinski definition) is 2. The fourth-order valence-electron chi connectivity index (χ4n) is 2.65. The SMILES string of the molecule is CC(C)c1cccc(C(C)C)c1NC(=O)Cn1cc(F)ccc1=O. The van der Waals surface area contributed by atoms with Crippen LogP contribution in [0.2, 0.25) is 0 Å². The number of halogens is 1. The molecule has 1 heterocycles. The summed E-state index contributed by atoms with van der Waals surface area (Å²) in [5, 5.41) is 2.92. The molecule has 0 unspecified atom stereocenters. The first-order valence-electron chi connectivity index (χ1n) is 8.08. The van der Waals surface area contributed by atoms with Gasteiger partial charge in [0.05, 0.1) is 0 Å². The van der Waals surface area contributed by atoms with E-state index in [1.807, 2.05) is 18.2 Å². The molecule has 1 aromatic carbocycles. The van der Waals surface area contributed by atoms with Crippen molar-refractivity contribution in [3.8, 4) is 0 Å². The van der Waals surface area contributed by atoms with Crippen molar-refractivity contribution in [2.75, 3.05) is 5.32 Å². The molecule has 0 spiro atoms. The van der Waals surface area contributed by atoms with Gasteiger partial charge in [0.15, 0.2) is 0 Å². The van der Waals surface area contributed by atoms with Gasteiger partial charge in [-0.3, -0.25) is 9.59 Å². The fraction of sp³-hybridized carbons (Fsp3) is 0.368. The van der Waals surface area contributed by atoms with Crippen molar-refractivity contribution in [1.82, 2.24) is 4.57 Å². The lowest BCUT2D eigenvalue weighted by Gasteiger charge is -2.20. The van der Waals surface area contributed by atoms with Gasteiger partial charge in [-0.2, -0.15) is 0 Å². The maximum atomic E-state index is 13.3. The molecule has 0 radical (unpaired) electrons. The van der Waals surface area contributed by atoms with Crippen LogP contribution in [0.15, 0.2) is 41.3 Å². The summed E-state index contributed by atoms with van der Waals surface area (Å²) in [6.45, 7) is 8.03. The molecule has 0 saturated heterocycles. The third kappa shape index (κ3) is 4.10. The van der Waals surface area contributed by atoms with Gasteiger partial charge in [-0.05, 0) is 29.0 Å². The summed E-state index contributed by atoms with van der Waals surface area (Å²) < 4.78 is 14.3. The Balaban J connectivity index is 2.31. The zero-order chi connectivity index (χ0) is 17.9. The average Bonchev–Trinajstić information content (AvgIpc) is 2.50. The Hall–Kier alpha value is -2.43. The maximum absolute atomic E-state index is 13.3. The smallest absolute Gasteiger partial charge is 0.251 e. The van der Waals surface area contributed by atoms with Crippen LogP contribution in [0.3, 0.4) is 0 Å². The van der Waals surface area contributed by atoms with Crippen molar-refractivity contribution >= 4 is 11.6 Å². The molecule has 1 aromatic heterocycles. The van der Waals surface area contributed by atoms with Crippen molar-refractivity contribution in [3.63, 3.8) is 0 Å². The molecule has 0 atom stereocenters. The molecule has 1 amide bonds. The van der Waals surface area contributed by atoms with Crippen molar-refractivity contribution in [1.29, 1.82) is 0 Å². The van der Waals surface area contributed by atoms with Gasteiger partial charge in [0.1, 0.15) is 12.4 Å². The fourth-order valence-corrected chi connectivity index (χ4v) is 2.65. The van der Waals surface area contributed by atoms with E-state index in [1.165, 1.54) is 0 Å². The quantitative estimate of drug-likeness (QED) is 0.904. The largest absolute Gasteiger partial charge is 0.324 e. The number of benzene rings is 1. The van der Waals surface area contributed by atoms with Gasteiger partial charge >= 0.3 is 0 Å². The summed E-state index contributed by atoms with van der Waals surface area (Å²) in [5.41, 5.74) is 2.46. The van der Waals surface area contributed by atoms with Gasteiger partial charge in [-0.15, -0.1) is 0 Å². The van der Waals surface area contributed by atoms with E-state index in [0.29, 0.717) is 0 Å². The molecule has 0 aliphatic carbocycles. The van der Waals surface area contributed by atoms with E-state index in [9.17, 15) is 14.0 Å². The summed E-state index contributed by atoms with van der Waals surface area (Å²) in [4.78, 5) is 24.1. The van der Waals surface area contributed by atoms with E-state index in [-0.39, 0.29) is 24.3 Å². The van der Waals surface area contributed by atoms with Crippen LogP contribution in [0.4, 0.5) is 10.1 Å². The van der Waals surface area contributed by atoms with E-state index in [2.05, 4.69) is 33.0 Å². The molecule has 2 aromatic rings. The van der Waals surface area contributed by atoms with Crippen LogP contribution in [0.25, 0.3) is 0 Å². The zero-order valence-corrected chi connectivity index (χ0v) is 14.5. The van der Waals surface area contributed by atoms with Crippen LogP contribution in [-0.2, 0) is 11.3 Å². The number of nitrogens with one attached hydrogen (secondary N) is 1. The predicted molar refractivity (Wildman–Crippen MR) is 93.9 cm³/mol. The molecule has 5 heteroatoms. The monoisotopic (exact) mass is 330 g/mol. The molecular formula is C19H23FN2O2. The molecule has 0 aliphatic heterocycles. The minimum atomic E-state index is -0.548. The predicted octanol–water partition coefficient (Wildman–Crippen LogP) is 3.87. The Labute approximate surface area is 141 Å². The minimum absolute atomic E-state index is 0.222. The molecule has 0 bridgehead atoms. The van der Waals surface area contributed by atoms with Crippen molar-refractivity contribution < 1.29 is 9.18 Å². The van der Waals surface area contributed by atoms with E-state index < -0.39 is 11.4 Å². The molecule has 4 nitrogen and oxygen atoms in total. The third-order valence-corrected chi connectivity index (χ3v) is 3.90.